The number of ether oxygens (including phenoxy) is 1. The molecule has 1 aliphatic rings. The number of nitrogens with one attached hydrogen (secondary N) is 1. The van der Waals surface area contributed by atoms with Crippen molar-refractivity contribution in [2.24, 2.45) is 5.92 Å². The molecule has 0 saturated heterocycles. The first-order valence-corrected chi connectivity index (χ1v) is 10.3. The summed E-state index contributed by atoms with van der Waals surface area (Å²) in [7, 11) is 1.39. The van der Waals surface area contributed by atoms with Gasteiger partial charge in [-0.2, -0.15) is 0 Å². The number of carbonyl (C=O) groups is 2. The molecule has 0 aromatic heterocycles. The highest BCUT2D eigenvalue weighted by molar-refractivity contribution is 6.30. The molecule has 6 heteroatoms. The van der Waals surface area contributed by atoms with Crippen LogP contribution in [0.1, 0.15) is 47.9 Å². The fourth-order valence-corrected chi connectivity index (χ4v) is 3.84. The van der Waals surface area contributed by atoms with Crippen molar-refractivity contribution in [1.82, 2.24) is 10.2 Å². The Bertz CT molecular complexity index is 867. The Morgan fingerprint density at radius 3 is 2.52 bits per heavy atom. The number of methoxy groups -OCH3 is 1. The first kappa shape index (κ1) is 21.3. The predicted octanol–water partition coefficient (Wildman–Crippen LogP) is 4.21. The lowest BCUT2D eigenvalue weighted by molar-refractivity contribution is -0.144. The zero-order valence-electron chi connectivity index (χ0n) is 17.0. The molecule has 0 fully saturated rings. The second-order valence-electron chi connectivity index (χ2n) is 7.74. The van der Waals surface area contributed by atoms with E-state index in [-0.39, 0.29) is 18.0 Å². The third-order valence-corrected chi connectivity index (χ3v) is 5.42. The molecule has 2 aromatic rings. The Morgan fingerprint density at radius 1 is 1.17 bits per heavy atom. The molecule has 2 aromatic carbocycles. The van der Waals surface area contributed by atoms with Crippen molar-refractivity contribution in [1.29, 1.82) is 0 Å². The predicted molar refractivity (Wildman–Crippen MR) is 114 cm³/mol. The Kier molecular flexibility index (Phi) is 6.93. The van der Waals surface area contributed by atoms with E-state index in [1.807, 2.05) is 48.5 Å². The molecule has 0 saturated carbocycles. The summed E-state index contributed by atoms with van der Waals surface area (Å²) in [6.45, 7) is 4.65. The molecule has 0 bridgehead atoms. The van der Waals surface area contributed by atoms with Gasteiger partial charge in [-0.15, -0.1) is 0 Å². The van der Waals surface area contributed by atoms with E-state index in [1.165, 1.54) is 7.11 Å². The standard InChI is InChI=1S/C23H27ClN2O3/c1-15(2)14-20(23(28)29-3)25-21-18-6-4-5-7-19(18)22(27)26(21)13-12-16-8-10-17(24)11-9-16/h4-11,15,20-21,25H,12-14H2,1-3H3/t20-,21-/m1/s1. The molecule has 154 valence electrons. The normalized spacial score (nSPS) is 16.8. The molecule has 0 unspecified atom stereocenters. The largest absolute Gasteiger partial charge is 0.468 e. The number of rotatable bonds is 8. The van der Waals surface area contributed by atoms with Gasteiger partial charge in [-0.1, -0.05) is 55.8 Å². The summed E-state index contributed by atoms with van der Waals surface area (Å²) in [4.78, 5) is 27.2. The van der Waals surface area contributed by atoms with Gasteiger partial charge in [0, 0.05) is 22.7 Å². The highest BCUT2D eigenvalue weighted by Crippen LogP contribution is 2.32. The van der Waals surface area contributed by atoms with Crippen LogP contribution in [0, 0.1) is 5.92 Å². The van der Waals surface area contributed by atoms with Crippen LogP contribution in [0.5, 0.6) is 0 Å². The summed E-state index contributed by atoms with van der Waals surface area (Å²) in [5, 5.41) is 4.08. The van der Waals surface area contributed by atoms with Gasteiger partial charge >= 0.3 is 5.97 Å². The molecule has 1 amide bonds. The highest BCUT2D eigenvalue weighted by atomic mass is 35.5. The van der Waals surface area contributed by atoms with Gasteiger partial charge in [-0.3, -0.25) is 14.9 Å². The number of nitrogens with zero attached hydrogens (tertiary/aromatic N) is 1. The average molecular weight is 415 g/mol. The molecule has 5 nitrogen and oxygen atoms in total. The van der Waals surface area contributed by atoms with Crippen LogP contribution < -0.4 is 5.32 Å². The minimum absolute atomic E-state index is 0.0276. The second-order valence-corrected chi connectivity index (χ2v) is 8.17. The van der Waals surface area contributed by atoms with Crippen molar-refractivity contribution < 1.29 is 14.3 Å². The lowest BCUT2D eigenvalue weighted by Crippen LogP contribution is -2.46. The molecule has 0 spiro atoms. The molecular formula is C23H27ClN2O3. The van der Waals surface area contributed by atoms with E-state index in [0.717, 1.165) is 11.1 Å². The summed E-state index contributed by atoms with van der Waals surface area (Å²) in [5.74, 6) is -0.0325. The van der Waals surface area contributed by atoms with Crippen LogP contribution in [0.3, 0.4) is 0 Å². The number of fused-ring (bicyclic) bond motifs is 1. The molecular weight excluding hydrogens is 388 g/mol. The topological polar surface area (TPSA) is 58.6 Å². The zero-order chi connectivity index (χ0) is 21.0. The lowest BCUT2D eigenvalue weighted by Gasteiger charge is -2.30. The summed E-state index contributed by atoms with van der Waals surface area (Å²) < 4.78 is 5.00. The summed E-state index contributed by atoms with van der Waals surface area (Å²) in [6.07, 6.45) is 0.959. The monoisotopic (exact) mass is 414 g/mol. The minimum Gasteiger partial charge on any atom is -0.468 e. The van der Waals surface area contributed by atoms with Crippen molar-refractivity contribution in [3.8, 4) is 0 Å². The van der Waals surface area contributed by atoms with Gasteiger partial charge in [0.05, 0.1) is 7.11 Å². The van der Waals surface area contributed by atoms with Crippen LogP contribution in [0.4, 0.5) is 0 Å². The number of benzene rings is 2. The first-order chi connectivity index (χ1) is 13.9. The van der Waals surface area contributed by atoms with Crippen LogP contribution in [0.25, 0.3) is 0 Å². The molecule has 1 aliphatic heterocycles. The van der Waals surface area contributed by atoms with Crippen molar-refractivity contribution >= 4 is 23.5 Å². The van der Waals surface area contributed by atoms with E-state index in [9.17, 15) is 9.59 Å². The SMILES string of the molecule is COC(=O)[C@@H](CC(C)C)N[C@H]1c2ccccc2C(=O)N1CCc1ccc(Cl)cc1. The van der Waals surface area contributed by atoms with Crippen molar-refractivity contribution in [3.63, 3.8) is 0 Å². The Balaban J connectivity index is 1.84. The van der Waals surface area contributed by atoms with Crippen LogP contribution in [0.15, 0.2) is 48.5 Å². The maximum Gasteiger partial charge on any atom is 0.322 e. The van der Waals surface area contributed by atoms with Crippen LogP contribution in [-0.2, 0) is 16.0 Å². The van der Waals surface area contributed by atoms with Gasteiger partial charge < -0.3 is 9.64 Å². The maximum atomic E-state index is 13.1. The van der Waals surface area contributed by atoms with Gasteiger partial charge in [-0.05, 0) is 42.5 Å². The molecule has 2 atom stereocenters. The van der Waals surface area contributed by atoms with Gasteiger partial charge in [0.2, 0.25) is 0 Å². The smallest absolute Gasteiger partial charge is 0.322 e. The molecule has 29 heavy (non-hydrogen) atoms. The van der Waals surface area contributed by atoms with E-state index >= 15 is 0 Å². The zero-order valence-corrected chi connectivity index (χ0v) is 17.8. The Morgan fingerprint density at radius 2 is 1.86 bits per heavy atom. The molecule has 1 N–H and O–H groups in total. The summed E-state index contributed by atoms with van der Waals surface area (Å²) in [6, 6.07) is 14.7. The molecule has 0 radical (unpaired) electrons. The maximum absolute atomic E-state index is 13.1. The van der Waals surface area contributed by atoms with Crippen molar-refractivity contribution in [2.45, 2.75) is 38.9 Å². The van der Waals surface area contributed by atoms with E-state index < -0.39 is 6.04 Å². The quantitative estimate of drug-likeness (QED) is 0.657. The first-order valence-electron chi connectivity index (χ1n) is 9.89. The fraction of sp³-hybridized carbons (Fsp3) is 0.391. The van der Waals surface area contributed by atoms with Gasteiger partial charge in [-0.25, -0.2) is 0 Å². The lowest BCUT2D eigenvalue weighted by atomic mass is 10.0. The van der Waals surface area contributed by atoms with Crippen molar-refractivity contribution in [3.05, 3.63) is 70.2 Å². The molecule has 1 heterocycles. The van der Waals surface area contributed by atoms with Crippen molar-refractivity contribution in [2.75, 3.05) is 13.7 Å². The number of halogens is 1. The van der Waals surface area contributed by atoms with Crippen LogP contribution >= 0.6 is 11.6 Å². The van der Waals surface area contributed by atoms with Gasteiger partial charge in [0.15, 0.2) is 0 Å². The Labute approximate surface area is 177 Å². The third-order valence-electron chi connectivity index (χ3n) is 5.16. The Hall–Kier alpha value is -2.37. The van der Waals surface area contributed by atoms with E-state index in [2.05, 4.69) is 19.2 Å². The second kappa shape index (κ2) is 9.42. The van der Waals surface area contributed by atoms with E-state index in [0.29, 0.717) is 35.9 Å². The van der Waals surface area contributed by atoms with E-state index in [4.69, 9.17) is 16.3 Å². The number of hydrogen-bond acceptors (Lipinski definition) is 4. The van der Waals surface area contributed by atoms with Crippen LogP contribution in [-0.4, -0.2) is 36.5 Å². The third kappa shape index (κ3) is 4.98. The minimum atomic E-state index is -0.484. The number of esters is 1. The fourth-order valence-electron chi connectivity index (χ4n) is 3.72. The van der Waals surface area contributed by atoms with E-state index in [1.54, 1.807) is 4.90 Å². The van der Waals surface area contributed by atoms with Crippen LogP contribution in [0.2, 0.25) is 5.02 Å². The molecule has 0 aliphatic carbocycles. The number of hydrogen-bond donors (Lipinski definition) is 1. The summed E-state index contributed by atoms with van der Waals surface area (Å²) in [5.41, 5.74) is 2.67. The summed E-state index contributed by atoms with van der Waals surface area (Å²) >= 11 is 5.97. The highest BCUT2D eigenvalue weighted by Gasteiger charge is 2.38. The number of carbonyl (C=O) groups excluding carboxylic acids is 2. The van der Waals surface area contributed by atoms with Gasteiger partial charge in [0.1, 0.15) is 12.2 Å². The molecule has 3 rings (SSSR count). The average Bonchev–Trinajstić information content (AvgIpc) is 2.98. The van der Waals surface area contributed by atoms with Gasteiger partial charge in [0.25, 0.3) is 5.91 Å². The number of amides is 1.